The van der Waals surface area contributed by atoms with Gasteiger partial charge >= 0.3 is 0 Å². The fourth-order valence-electron chi connectivity index (χ4n) is 0.850. The van der Waals surface area contributed by atoms with Gasteiger partial charge < -0.3 is 9.84 Å². The number of rotatable bonds is 3. The molecule has 0 amide bonds. The minimum atomic E-state index is -0.100. The summed E-state index contributed by atoms with van der Waals surface area (Å²) in [6.07, 6.45) is 1.60. The van der Waals surface area contributed by atoms with Gasteiger partial charge in [-0.05, 0) is 19.9 Å². The topological polar surface area (TPSA) is 42.4 Å². The van der Waals surface area contributed by atoms with E-state index in [1.54, 1.807) is 6.07 Å². The van der Waals surface area contributed by atoms with E-state index in [0.29, 0.717) is 11.4 Å². The van der Waals surface area contributed by atoms with Crippen LogP contribution in [0.1, 0.15) is 19.5 Å². The molecule has 0 saturated heterocycles. The molecule has 3 nitrogen and oxygen atoms in total. The van der Waals surface area contributed by atoms with Crippen LogP contribution in [-0.2, 0) is 6.61 Å². The molecule has 1 aromatic rings. The highest BCUT2D eigenvalue weighted by molar-refractivity contribution is 5.25. The largest absolute Gasteiger partial charge is 0.489 e. The molecule has 0 spiro atoms. The number of hydrogen-bond acceptors (Lipinski definition) is 3. The van der Waals surface area contributed by atoms with Crippen molar-refractivity contribution < 1.29 is 9.84 Å². The first kappa shape index (κ1) is 9.00. The van der Waals surface area contributed by atoms with Crippen LogP contribution in [0, 0.1) is 6.07 Å². The number of ether oxygens (including phenoxy) is 1. The van der Waals surface area contributed by atoms with Crippen molar-refractivity contribution in [2.24, 2.45) is 0 Å². The van der Waals surface area contributed by atoms with Crippen molar-refractivity contribution in [3.8, 4) is 5.75 Å². The molecule has 0 aliphatic heterocycles. The quantitative estimate of drug-likeness (QED) is 0.732. The molecule has 0 unspecified atom stereocenters. The monoisotopic (exact) mass is 166 g/mol. The third kappa shape index (κ3) is 2.20. The summed E-state index contributed by atoms with van der Waals surface area (Å²) in [5.74, 6) is 0.606. The van der Waals surface area contributed by atoms with E-state index >= 15 is 0 Å². The molecule has 1 radical (unpaired) electrons. The molecule has 0 aliphatic rings. The molecular weight excluding hydrogens is 154 g/mol. The molecule has 1 heterocycles. The van der Waals surface area contributed by atoms with Gasteiger partial charge in [0.2, 0.25) is 0 Å². The first-order valence-corrected chi connectivity index (χ1v) is 3.86. The number of aliphatic hydroxyl groups excluding tert-OH is 1. The molecule has 0 fully saturated rings. The third-order valence-electron chi connectivity index (χ3n) is 1.31. The van der Waals surface area contributed by atoms with Gasteiger partial charge in [0.25, 0.3) is 0 Å². The predicted octanol–water partition coefficient (Wildman–Crippen LogP) is 1.16. The smallest absolute Gasteiger partial charge is 0.144 e. The fourth-order valence-corrected chi connectivity index (χ4v) is 0.850. The Labute approximate surface area is 72.0 Å². The maximum atomic E-state index is 8.87. The second-order valence-electron chi connectivity index (χ2n) is 2.70. The van der Waals surface area contributed by atoms with Gasteiger partial charge in [-0.3, -0.25) is 4.98 Å². The molecule has 0 saturated carbocycles. The molecule has 65 valence electrons. The molecule has 12 heavy (non-hydrogen) atoms. The van der Waals surface area contributed by atoms with Crippen LogP contribution in [-0.4, -0.2) is 16.2 Å². The lowest BCUT2D eigenvalue weighted by Crippen LogP contribution is -2.08. The third-order valence-corrected chi connectivity index (χ3v) is 1.31. The van der Waals surface area contributed by atoms with Crippen LogP contribution in [0.3, 0.4) is 0 Å². The fraction of sp³-hybridized carbons (Fsp3) is 0.444. The van der Waals surface area contributed by atoms with Crippen LogP contribution in [0.2, 0.25) is 0 Å². The Morgan fingerprint density at radius 3 is 3.00 bits per heavy atom. The van der Waals surface area contributed by atoms with Crippen molar-refractivity contribution in [2.45, 2.75) is 26.6 Å². The Kier molecular flexibility index (Phi) is 3.05. The summed E-state index contributed by atoms with van der Waals surface area (Å²) in [4.78, 5) is 3.92. The van der Waals surface area contributed by atoms with E-state index in [0.717, 1.165) is 0 Å². The van der Waals surface area contributed by atoms with E-state index in [2.05, 4.69) is 11.1 Å². The predicted molar refractivity (Wildman–Crippen MR) is 44.8 cm³/mol. The van der Waals surface area contributed by atoms with E-state index < -0.39 is 0 Å². The summed E-state index contributed by atoms with van der Waals surface area (Å²) in [6.45, 7) is 3.75. The zero-order valence-corrected chi connectivity index (χ0v) is 7.24. The van der Waals surface area contributed by atoms with Crippen molar-refractivity contribution in [1.29, 1.82) is 0 Å². The molecule has 1 N–H and O–H groups in total. The lowest BCUT2D eigenvalue weighted by atomic mass is 10.3. The zero-order valence-electron chi connectivity index (χ0n) is 7.24. The van der Waals surface area contributed by atoms with Gasteiger partial charge in [-0.15, -0.1) is 0 Å². The van der Waals surface area contributed by atoms with Crippen molar-refractivity contribution in [1.82, 2.24) is 4.98 Å². The van der Waals surface area contributed by atoms with Crippen LogP contribution in [0.4, 0.5) is 0 Å². The number of aromatic nitrogens is 1. The van der Waals surface area contributed by atoms with Crippen molar-refractivity contribution in [3.63, 3.8) is 0 Å². The second kappa shape index (κ2) is 4.07. The Bertz CT molecular complexity index is 248. The van der Waals surface area contributed by atoms with Gasteiger partial charge in [0.15, 0.2) is 0 Å². The summed E-state index contributed by atoms with van der Waals surface area (Å²) < 4.78 is 5.38. The molecule has 0 aromatic carbocycles. The summed E-state index contributed by atoms with van der Waals surface area (Å²) in [5, 5.41) is 8.87. The van der Waals surface area contributed by atoms with Gasteiger partial charge in [0.1, 0.15) is 11.4 Å². The van der Waals surface area contributed by atoms with E-state index in [-0.39, 0.29) is 12.7 Å². The first-order chi connectivity index (χ1) is 5.74. The highest BCUT2D eigenvalue weighted by Crippen LogP contribution is 2.15. The molecule has 0 atom stereocenters. The summed E-state index contributed by atoms with van der Waals surface area (Å²) in [5.41, 5.74) is 0.558. The lowest BCUT2D eigenvalue weighted by Gasteiger charge is -2.11. The Morgan fingerprint density at radius 1 is 1.67 bits per heavy atom. The first-order valence-electron chi connectivity index (χ1n) is 3.86. The van der Waals surface area contributed by atoms with E-state index in [9.17, 15) is 0 Å². The van der Waals surface area contributed by atoms with Crippen molar-refractivity contribution in [2.75, 3.05) is 0 Å². The average Bonchev–Trinajstić information content (AvgIpc) is 2.04. The number of pyridine rings is 1. The van der Waals surface area contributed by atoms with Crippen LogP contribution in [0.5, 0.6) is 5.75 Å². The van der Waals surface area contributed by atoms with Gasteiger partial charge in [-0.1, -0.05) is 0 Å². The lowest BCUT2D eigenvalue weighted by molar-refractivity contribution is 0.222. The molecule has 1 aromatic heterocycles. The van der Waals surface area contributed by atoms with Crippen LogP contribution in [0.15, 0.2) is 12.3 Å². The maximum Gasteiger partial charge on any atom is 0.144 e. The van der Waals surface area contributed by atoms with Crippen molar-refractivity contribution >= 4 is 0 Å². The van der Waals surface area contributed by atoms with Gasteiger partial charge in [-0.2, -0.15) is 0 Å². The molecule has 1 rings (SSSR count). The Morgan fingerprint density at radius 2 is 2.42 bits per heavy atom. The van der Waals surface area contributed by atoms with Crippen LogP contribution < -0.4 is 4.74 Å². The summed E-state index contributed by atoms with van der Waals surface area (Å²) >= 11 is 0. The molecule has 0 aliphatic carbocycles. The highest BCUT2D eigenvalue weighted by Gasteiger charge is 2.04. The molecule has 0 bridgehead atoms. The summed E-state index contributed by atoms with van der Waals surface area (Å²) in [6, 6.07) is 4.47. The Balaban J connectivity index is 2.82. The molecular formula is C9H12NO2. The maximum absolute atomic E-state index is 8.87. The second-order valence-corrected chi connectivity index (χ2v) is 2.70. The van der Waals surface area contributed by atoms with Crippen LogP contribution in [0.25, 0.3) is 0 Å². The average molecular weight is 166 g/mol. The SMILES string of the molecule is CC(C)Oc1c[c]cnc1CO. The summed E-state index contributed by atoms with van der Waals surface area (Å²) in [7, 11) is 0. The number of aliphatic hydroxyl groups is 1. The van der Waals surface area contributed by atoms with E-state index in [1.165, 1.54) is 6.20 Å². The van der Waals surface area contributed by atoms with E-state index in [4.69, 9.17) is 9.84 Å². The van der Waals surface area contributed by atoms with Gasteiger partial charge in [0.05, 0.1) is 12.7 Å². The van der Waals surface area contributed by atoms with Gasteiger partial charge in [0, 0.05) is 12.3 Å². The van der Waals surface area contributed by atoms with Crippen molar-refractivity contribution in [3.05, 3.63) is 24.0 Å². The standard InChI is InChI=1S/C9H12NO2/c1-7(2)12-9-4-3-5-10-8(9)6-11/h4-5,7,11H,6H2,1-2H3. The van der Waals surface area contributed by atoms with Gasteiger partial charge in [-0.25, -0.2) is 0 Å². The number of hydrogen-bond donors (Lipinski definition) is 1. The van der Waals surface area contributed by atoms with Crippen LogP contribution >= 0.6 is 0 Å². The highest BCUT2D eigenvalue weighted by atomic mass is 16.5. The molecule has 3 heteroatoms. The number of nitrogens with zero attached hydrogens (tertiary/aromatic N) is 1. The van der Waals surface area contributed by atoms with E-state index in [1.807, 2.05) is 13.8 Å². The minimum absolute atomic E-state index is 0.0906. The normalized spacial score (nSPS) is 10.3. The minimum Gasteiger partial charge on any atom is -0.489 e. The Hall–Kier alpha value is -1.09. The zero-order chi connectivity index (χ0) is 8.97.